The van der Waals surface area contributed by atoms with Crippen molar-refractivity contribution in [3.8, 4) is 11.6 Å². The van der Waals surface area contributed by atoms with Crippen molar-refractivity contribution in [3.05, 3.63) is 48.9 Å². The lowest BCUT2D eigenvalue weighted by Crippen LogP contribution is -2.40. The van der Waals surface area contributed by atoms with Gasteiger partial charge in [0.15, 0.2) is 11.6 Å². The lowest BCUT2D eigenvalue weighted by Gasteiger charge is -2.33. The van der Waals surface area contributed by atoms with Gasteiger partial charge in [-0.3, -0.25) is 0 Å². The topological polar surface area (TPSA) is 88.5 Å². The molecule has 0 aliphatic carbocycles. The molecule has 9 nitrogen and oxygen atoms in total. The molecule has 0 amide bonds. The van der Waals surface area contributed by atoms with Gasteiger partial charge in [-0.2, -0.15) is 4.98 Å². The van der Waals surface area contributed by atoms with E-state index in [4.69, 9.17) is 14.5 Å². The number of piperidine rings is 1. The molecular weight excluding hydrogens is 394 g/mol. The molecule has 0 spiro atoms. The predicted octanol–water partition coefficient (Wildman–Crippen LogP) is 2.89. The molecule has 2 aliphatic heterocycles. The highest BCUT2D eigenvalue weighted by molar-refractivity contribution is 5.67. The van der Waals surface area contributed by atoms with Gasteiger partial charge in [-0.05, 0) is 25.0 Å². The van der Waals surface area contributed by atoms with Gasteiger partial charge >= 0.3 is 0 Å². The summed E-state index contributed by atoms with van der Waals surface area (Å²) in [5.41, 5.74) is 1.10. The van der Waals surface area contributed by atoms with Crippen molar-refractivity contribution >= 4 is 23.3 Å². The number of anilines is 4. The van der Waals surface area contributed by atoms with Crippen molar-refractivity contribution in [1.29, 1.82) is 0 Å². The number of nitrogens with zero attached hydrogens (tertiary/aromatic N) is 6. The first-order valence-corrected chi connectivity index (χ1v) is 10.5. The van der Waals surface area contributed by atoms with Crippen LogP contribution in [0.2, 0.25) is 0 Å². The van der Waals surface area contributed by atoms with Gasteiger partial charge in [0.2, 0.25) is 11.8 Å². The highest BCUT2D eigenvalue weighted by Gasteiger charge is 2.25. The predicted molar refractivity (Wildman–Crippen MR) is 118 cm³/mol. The minimum Gasteiger partial charge on any atom is -0.486 e. The molecule has 9 heteroatoms. The third-order valence-corrected chi connectivity index (χ3v) is 5.62. The van der Waals surface area contributed by atoms with E-state index in [9.17, 15) is 0 Å². The van der Waals surface area contributed by atoms with Crippen molar-refractivity contribution in [2.24, 2.45) is 0 Å². The Kier molecular flexibility index (Phi) is 5.39. The van der Waals surface area contributed by atoms with Gasteiger partial charge in [0, 0.05) is 30.9 Å². The number of benzene rings is 1. The van der Waals surface area contributed by atoms with Crippen LogP contribution in [0, 0.1) is 0 Å². The minimum atomic E-state index is 0.299. The smallest absolute Gasteiger partial charge is 0.225 e. The van der Waals surface area contributed by atoms with Crippen LogP contribution in [-0.4, -0.2) is 59.3 Å². The normalized spacial score (nSPS) is 16.4. The van der Waals surface area contributed by atoms with Crippen LogP contribution in [0.15, 0.2) is 48.9 Å². The van der Waals surface area contributed by atoms with Crippen LogP contribution < -0.4 is 24.6 Å². The summed E-state index contributed by atoms with van der Waals surface area (Å²) in [5, 5.41) is 3.51. The Hall–Kier alpha value is -3.62. The van der Waals surface area contributed by atoms with Crippen molar-refractivity contribution in [1.82, 2.24) is 19.9 Å². The number of ether oxygens (including phenoxy) is 2. The van der Waals surface area contributed by atoms with E-state index in [1.165, 1.54) is 0 Å². The van der Waals surface area contributed by atoms with Gasteiger partial charge in [-0.25, -0.2) is 15.0 Å². The first kappa shape index (κ1) is 19.3. The SMILES string of the molecule is COc1cc(N2CCC(Nc3ncc4c(n3)N(c3ccccc3)CCO4)CC2)ncn1. The lowest BCUT2D eigenvalue weighted by atomic mass is 10.1. The fourth-order valence-electron chi connectivity index (χ4n) is 3.99. The van der Waals surface area contributed by atoms with Crippen molar-refractivity contribution in [2.45, 2.75) is 18.9 Å². The van der Waals surface area contributed by atoms with Crippen LogP contribution in [0.4, 0.5) is 23.3 Å². The number of nitrogens with one attached hydrogen (secondary N) is 1. The van der Waals surface area contributed by atoms with Gasteiger partial charge in [-0.15, -0.1) is 0 Å². The van der Waals surface area contributed by atoms with E-state index in [-0.39, 0.29) is 0 Å². The molecule has 5 rings (SSSR count). The van der Waals surface area contributed by atoms with E-state index < -0.39 is 0 Å². The zero-order valence-corrected chi connectivity index (χ0v) is 17.4. The van der Waals surface area contributed by atoms with Crippen molar-refractivity contribution < 1.29 is 9.47 Å². The Morgan fingerprint density at radius 1 is 1.06 bits per heavy atom. The van der Waals surface area contributed by atoms with Gasteiger partial charge in [0.25, 0.3) is 0 Å². The molecule has 0 radical (unpaired) electrons. The highest BCUT2D eigenvalue weighted by atomic mass is 16.5. The Bertz CT molecular complexity index is 1030. The maximum absolute atomic E-state index is 5.78. The maximum atomic E-state index is 5.78. The summed E-state index contributed by atoms with van der Waals surface area (Å²) >= 11 is 0. The second kappa shape index (κ2) is 8.63. The number of hydrogen-bond acceptors (Lipinski definition) is 9. The average Bonchev–Trinajstić information content (AvgIpc) is 2.85. The largest absolute Gasteiger partial charge is 0.486 e. The molecule has 4 heterocycles. The summed E-state index contributed by atoms with van der Waals surface area (Å²) in [6, 6.07) is 12.4. The Morgan fingerprint density at radius 3 is 2.71 bits per heavy atom. The summed E-state index contributed by atoms with van der Waals surface area (Å²) < 4.78 is 11.0. The first-order valence-electron chi connectivity index (χ1n) is 10.5. The van der Waals surface area contributed by atoms with E-state index in [1.807, 2.05) is 24.3 Å². The van der Waals surface area contributed by atoms with E-state index in [2.05, 4.69) is 42.2 Å². The molecule has 31 heavy (non-hydrogen) atoms. The molecule has 1 fully saturated rings. The van der Waals surface area contributed by atoms with Crippen LogP contribution in [0.1, 0.15) is 12.8 Å². The highest BCUT2D eigenvalue weighted by Crippen LogP contribution is 2.35. The molecule has 2 aromatic heterocycles. The Balaban J connectivity index is 1.26. The molecule has 160 valence electrons. The zero-order valence-electron chi connectivity index (χ0n) is 17.4. The van der Waals surface area contributed by atoms with Crippen LogP contribution >= 0.6 is 0 Å². The molecule has 0 bridgehead atoms. The second-order valence-corrected chi connectivity index (χ2v) is 7.54. The fourth-order valence-corrected chi connectivity index (χ4v) is 3.99. The standard InChI is InChI=1S/C22H25N7O2/c1-30-20-13-19(24-15-25-20)28-9-7-16(8-10-28)26-22-23-14-18-21(27-22)29(11-12-31-18)17-5-3-2-4-6-17/h2-6,13-16H,7-12H2,1H3,(H,23,26,27). The molecule has 0 saturated carbocycles. The van der Waals surface area contributed by atoms with Crippen molar-refractivity contribution in [2.75, 3.05) is 48.5 Å². The van der Waals surface area contributed by atoms with E-state index in [0.29, 0.717) is 30.2 Å². The van der Waals surface area contributed by atoms with Crippen LogP contribution in [0.25, 0.3) is 0 Å². The fraction of sp³-hybridized carbons (Fsp3) is 0.364. The van der Waals surface area contributed by atoms with Gasteiger partial charge in [0.05, 0.1) is 19.9 Å². The quantitative estimate of drug-likeness (QED) is 0.670. The number of rotatable bonds is 5. The maximum Gasteiger partial charge on any atom is 0.225 e. The molecule has 0 unspecified atom stereocenters. The monoisotopic (exact) mass is 419 g/mol. The van der Waals surface area contributed by atoms with Gasteiger partial charge in [0.1, 0.15) is 18.8 Å². The molecule has 0 atom stereocenters. The van der Waals surface area contributed by atoms with Crippen molar-refractivity contribution in [3.63, 3.8) is 0 Å². The average molecular weight is 419 g/mol. The van der Waals surface area contributed by atoms with E-state index >= 15 is 0 Å². The summed E-state index contributed by atoms with van der Waals surface area (Å²) in [5.74, 6) is 3.63. The van der Waals surface area contributed by atoms with Crippen LogP contribution in [-0.2, 0) is 0 Å². The minimum absolute atomic E-state index is 0.299. The molecule has 3 aromatic rings. The van der Waals surface area contributed by atoms with E-state index in [1.54, 1.807) is 19.6 Å². The molecular formula is C22H25N7O2. The third-order valence-electron chi connectivity index (χ3n) is 5.62. The van der Waals surface area contributed by atoms with Gasteiger partial charge < -0.3 is 24.6 Å². The lowest BCUT2D eigenvalue weighted by molar-refractivity contribution is 0.310. The first-order chi connectivity index (χ1) is 15.3. The summed E-state index contributed by atoms with van der Waals surface area (Å²) in [7, 11) is 1.62. The summed E-state index contributed by atoms with van der Waals surface area (Å²) in [6.45, 7) is 3.16. The number of methoxy groups -OCH3 is 1. The molecule has 2 aliphatic rings. The third kappa shape index (κ3) is 4.16. The number of hydrogen-bond donors (Lipinski definition) is 1. The molecule has 1 saturated heterocycles. The Morgan fingerprint density at radius 2 is 1.90 bits per heavy atom. The number of para-hydroxylation sites is 1. The Labute approximate surface area is 181 Å². The van der Waals surface area contributed by atoms with Crippen LogP contribution in [0.5, 0.6) is 11.6 Å². The van der Waals surface area contributed by atoms with E-state index in [0.717, 1.165) is 49.8 Å². The number of fused-ring (bicyclic) bond motifs is 1. The molecule has 1 N–H and O–H groups in total. The van der Waals surface area contributed by atoms with Crippen LogP contribution in [0.3, 0.4) is 0 Å². The summed E-state index contributed by atoms with van der Waals surface area (Å²) in [4.78, 5) is 22.2. The van der Waals surface area contributed by atoms with Gasteiger partial charge in [-0.1, -0.05) is 18.2 Å². The zero-order chi connectivity index (χ0) is 21.0. The second-order valence-electron chi connectivity index (χ2n) is 7.54. The summed E-state index contributed by atoms with van der Waals surface area (Å²) in [6.07, 6.45) is 5.24. The number of aromatic nitrogens is 4. The molecule has 1 aromatic carbocycles.